The molecule has 2 aromatic carbocycles. The predicted molar refractivity (Wildman–Crippen MR) is 108 cm³/mol. The van der Waals surface area contributed by atoms with Crippen LogP contribution in [0, 0.1) is 31.4 Å². The highest BCUT2D eigenvalue weighted by Gasteiger charge is 2.43. The van der Waals surface area contributed by atoms with E-state index in [4.69, 9.17) is 0 Å². The van der Waals surface area contributed by atoms with Gasteiger partial charge in [0, 0.05) is 24.1 Å². The lowest BCUT2D eigenvalue weighted by molar-refractivity contribution is -0.123. The summed E-state index contributed by atoms with van der Waals surface area (Å²) in [5.41, 5.74) is 3.27. The standard InChI is InChI=1S/C23H20F2N4O/c1-12-3-5-14(6-4-12)15-9-19-21(20(30)10-15)22(16-7-17(24)11-18(25)8-16)29-23(27-19)26-13(2)28-29/h3-9,11,15,21-22H,10H2,1-2H3,(H,26,27,28)/t15-,21-,22-/m0/s1. The minimum atomic E-state index is -0.687. The molecule has 7 heteroatoms. The molecule has 0 fully saturated rings. The quantitative estimate of drug-likeness (QED) is 0.683. The van der Waals surface area contributed by atoms with Gasteiger partial charge in [-0.25, -0.2) is 13.5 Å². The Morgan fingerprint density at radius 3 is 2.43 bits per heavy atom. The molecule has 2 aliphatic rings. The van der Waals surface area contributed by atoms with Crippen molar-refractivity contribution in [1.29, 1.82) is 0 Å². The fraction of sp³-hybridized carbons (Fsp3) is 0.261. The Morgan fingerprint density at radius 1 is 1.03 bits per heavy atom. The van der Waals surface area contributed by atoms with E-state index in [1.54, 1.807) is 11.6 Å². The van der Waals surface area contributed by atoms with Crippen LogP contribution >= 0.6 is 0 Å². The van der Waals surface area contributed by atoms with Crippen molar-refractivity contribution >= 4 is 11.7 Å². The molecule has 0 saturated heterocycles. The highest BCUT2D eigenvalue weighted by Crippen LogP contribution is 2.44. The molecule has 1 aromatic heterocycles. The number of rotatable bonds is 2. The summed E-state index contributed by atoms with van der Waals surface area (Å²) in [6, 6.07) is 10.8. The van der Waals surface area contributed by atoms with E-state index in [-0.39, 0.29) is 11.7 Å². The molecule has 0 bridgehead atoms. The van der Waals surface area contributed by atoms with Crippen LogP contribution < -0.4 is 5.32 Å². The summed E-state index contributed by atoms with van der Waals surface area (Å²) < 4.78 is 29.6. The number of halogens is 2. The highest BCUT2D eigenvalue weighted by molar-refractivity contribution is 5.88. The smallest absolute Gasteiger partial charge is 0.226 e. The van der Waals surface area contributed by atoms with Crippen LogP contribution in [-0.2, 0) is 4.79 Å². The molecule has 2 heterocycles. The first-order valence-electron chi connectivity index (χ1n) is 9.86. The zero-order valence-electron chi connectivity index (χ0n) is 16.6. The van der Waals surface area contributed by atoms with Crippen molar-refractivity contribution in [2.45, 2.75) is 32.2 Å². The number of ketones is 1. The summed E-state index contributed by atoms with van der Waals surface area (Å²) in [7, 11) is 0. The van der Waals surface area contributed by atoms with E-state index in [2.05, 4.69) is 15.4 Å². The average Bonchev–Trinajstić information content (AvgIpc) is 3.05. The van der Waals surface area contributed by atoms with E-state index >= 15 is 0 Å². The Labute approximate surface area is 172 Å². The van der Waals surface area contributed by atoms with Crippen molar-refractivity contribution in [2.75, 3.05) is 5.32 Å². The number of nitrogens with one attached hydrogen (secondary N) is 1. The maximum Gasteiger partial charge on any atom is 0.226 e. The van der Waals surface area contributed by atoms with Gasteiger partial charge in [-0.1, -0.05) is 35.9 Å². The third-order valence-electron chi connectivity index (χ3n) is 5.79. The lowest BCUT2D eigenvalue weighted by atomic mass is 9.75. The van der Waals surface area contributed by atoms with Crippen LogP contribution in [0.3, 0.4) is 0 Å². The van der Waals surface area contributed by atoms with Crippen molar-refractivity contribution in [3.05, 3.63) is 88.4 Å². The van der Waals surface area contributed by atoms with Crippen LogP contribution in [0.15, 0.2) is 54.2 Å². The largest absolute Gasteiger partial charge is 0.328 e. The van der Waals surface area contributed by atoms with Gasteiger partial charge in [-0.05, 0) is 37.1 Å². The second-order valence-corrected chi connectivity index (χ2v) is 7.99. The minimum absolute atomic E-state index is 0.000882. The van der Waals surface area contributed by atoms with Crippen LogP contribution in [0.2, 0.25) is 0 Å². The molecular formula is C23H20F2N4O. The lowest BCUT2D eigenvalue weighted by Gasteiger charge is -2.38. The van der Waals surface area contributed by atoms with Gasteiger partial charge in [-0.15, -0.1) is 0 Å². The maximum absolute atomic E-state index is 14.0. The van der Waals surface area contributed by atoms with Gasteiger partial charge in [0.15, 0.2) is 0 Å². The topological polar surface area (TPSA) is 59.8 Å². The number of nitrogens with zero attached hydrogens (tertiary/aromatic N) is 3. The number of carbonyl (C=O) groups excluding carboxylic acids is 1. The molecule has 3 aromatic rings. The Balaban J connectivity index is 1.64. The normalized spacial score (nSPS) is 22.7. The number of hydrogen-bond acceptors (Lipinski definition) is 4. The van der Waals surface area contributed by atoms with E-state index in [0.717, 1.165) is 17.2 Å². The number of anilines is 1. The molecule has 152 valence electrons. The van der Waals surface area contributed by atoms with Crippen molar-refractivity contribution in [3.63, 3.8) is 0 Å². The van der Waals surface area contributed by atoms with Crippen LogP contribution in [0.4, 0.5) is 14.7 Å². The predicted octanol–water partition coefficient (Wildman–Crippen LogP) is 4.44. The molecule has 5 rings (SSSR count). The van der Waals surface area contributed by atoms with E-state index in [0.29, 0.717) is 29.5 Å². The van der Waals surface area contributed by atoms with Crippen LogP contribution in [0.1, 0.15) is 40.9 Å². The molecular weight excluding hydrogens is 386 g/mol. The van der Waals surface area contributed by atoms with Gasteiger partial charge >= 0.3 is 0 Å². The lowest BCUT2D eigenvalue weighted by Crippen LogP contribution is -2.40. The Bertz CT molecular complexity index is 1160. The average molecular weight is 406 g/mol. The number of aromatic nitrogens is 3. The third-order valence-corrected chi connectivity index (χ3v) is 5.79. The zero-order chi connectivity index (χ0) is 21.0. The van der Waals surface area contributed by atoms with Gasteiger partial charge in [0.05, 0.1) is 12.0 Å². The molecule has 1 aliphatic carbocycles. The Morgan fingerprint density at radius 2 is 1.73 bits per heavy atom. The molecule has 0 unspecified atom stereocenters. The van der Waals surface area contributed by atoms with Crippen LogP contribution in [0.5, 0.6) is 0 Å². The van der Waals surface area contributed by atoms with Crippen LogP contribution in [-0.4, -0.2) is 20.5 Å². The first kappa shape index (κ1) is 18.7. The second kappa shape index (κ2) is 6.86. The van der Waals surface area contributed by atoms with E-state index in [1.165, 1.54) is 12.1 Å². The molecule has 30 heavy (non-hydrogen) atoms. The van der Waals surface area contributed by atoms with E-state index in [9.17, 15) is 13.6 Å². The fourth-order valence-electron chi connectivity index (χ4n) is 4.45. The first-order chi connectivity index (χ1) is 14.4. The Hall–Kier alpha value is -3.35. The summed E-state index contributed by atoms with van der Waals surface area (Å²) in [6.45, 7) is 3.76. The zero-order valence-corrected chi connectivity index (χ0v) is 16.6. The van der Waals surface area contributed by atoms with Crippen molar-refractivity contribution < 1.29 is 13.6 Å². The van der Waals surface area contributed by atoms with Gasteiger partial charge in [-0.3, -0.25) is 4.79 Å². The molecule has 3 atom stereocenters. The van der Waals surface area contributed by atoms with Gasteiger partial charge in [0.1, 0.15) is 23.2 Å². The highest BCUT2D eigenvalue weighted by atomic mass is 19.1. The summed E-state index contributed by atoms with van der Waals surface area (Å²) in [4.78, 5) is 17.7. The monoisotopic (exact) mass is 406 g/mol. The second-order valence-electron chi connectivity index (χ2n) is 7.99. The van der Waals surface area contributed by atoms with E-state index < -0.39 is 23.6 Å². The minimum Gasteiger partial charge on any atom is -0.328 e. The summed E-state index contributed by atoms with van der Waals surface area (Å²) >= 11 is 0. The molecule has 1 aliphatic heterocycles. The molecule has 0 radical (unpaired) electrons. The number of carbonyl (C=O) groups is 1. The summed E-state index contributed by atoms with van der Waals surface area (Å²) in [6.07, 6.45) is 2.35. The van der Waals surface area contributed by atoms with Crippen molar-refractivity contribution in [2.24, 2.45) is 5.92 Å². The van der Waals surface area contributed by atoms with Crippen molar-refractivity contribution in [1.82, 2.24) is 14.8 Å². The number of allylic oxidation sites excluding steroid dienone is 2. The van der Waals surface area contributed by atoms with Gasteiger partial charge in [0.2, 0.25) is 5.95 Å². The maximum atomic E-state index is 14.0. The molecule has 0 saturated carbocycles. The number of benzene rings is 2. The summed E-state index contributed by atoms with van der Waals surface area (Å²) in [5.74, 6) is -1.08. The number of aryl methyl sites for hydroxylation is 2. The Kier molecular flexibility index (Phi) is 4.27. The molecule has 1 N–H and O–H groups in total. The first-order valence-corrected chi connectivity index (χ1v) is 9.86. The fourth-order valence-corrected chi connectivity index (χ4v) is 4.45. The molecule has 5 nitrogen and oxygen atoms in total. The third kappa shape index (κ3) is 3.10. The number of hydrogen-bond donors (Lipinski definition) is 1. The SMILES string of the molecule is Cc1ccc([C@H]2C=C3Nc4nc(C)nn4[C@@H](c4cc(F)cc(F)c4)[C@@H]3C(=O)C2)cc1. The number of Topliss-reactive ketones (excluding diaryl/α,β-unsaturated/α-hetero) is 1. The van der Waals surface area contributed by atoms with Gasteiger partial charge in [-0.2, -0.15) is 10.1 Å². The van der Waals surface area contributed by atoms with Crippen molar-refractivity contribution in [3.8, 4) is 0 Å². The molecule has 0 amide bonds. The van der Waals surface area contributed by atoms with Gasteiger partial charge in [0.25, 0.3) is 0 Å². The number of fused-ring (bicyclic) bond motifs is 2. The van der Waals surface area contributed by atoms with Gasteiger partial charge < -0.3 is 5.32 Å². The molecule has 0 spiro atoms. The summed E-state index contributed by atoms with van der Waals surface area (Å²) in [5, 5.41) is 7.63. The van der Waals surface area contributed by atoms with E-state index in [1.807, 2.05) is 37.3 Å². The van der Waals surface area contributed by atoms with Crippen LogP contribution in [0.25, 0.3) is 0 Å².